The number of imidazole rings is 1. The van der Waals surface area contributed by atoms with E-state index < -0.39 is 54.0 Å². The minimum atomic E-state index is -1.52. The molecule has 3 rings (SSSR count). The number of aliphatic hydroxyl groups is 1. The van der Waals surface area contributed by atoms with Gasteiger partial charge < -0.3 is 42.0 Å². The number of aliphatic hydroxyl groups excluding tert-OH is 1. The van der Waals surface area contributed by atoms with Gasteiger partial charge in [0.2, 0.25) is 17.7 Å². The van der Waals surface area contributed by atoms with Crippen LogP contribution >= 0.6 is 0 Å². The summed E-state index contributed by atoms with van der Waals surface area (Å²) in [7, 11) is 0. The van der Waals surface area contributed by atoms with E-state index in [9.17, 15) is 34.5 Å². The van der Waals surface area contributed by atoms with Gasteiger partial charge in [-0.25, -0.2) is 9.78 Å². The largest absolute Gasteiger partial charge is 0.508 e. The van der Waals surface area contributed by atoms with E-state index in [0.29, 0.717) is 16.8 Å². The smallest absolute Gasteiger partial charge is 0.326 e. The van der Waals surface area contributed by atoms with Crippen LogP contribution < -0.4 is 21.7 Å². The lowest BCUT2D eigenvalue weighted by Gasteiger charge is -2.26. The number of phenolic OH excluding ortho intramolecular Hbond substituents is 1. The molecule has 5 unspecified atom stereocenters. The van der Waals surface area contributed by atoms with Gasteiger partial charge in [-0.3, -0.25) is 14.4 Å². The normalized spacial score (nSPS) is 14.6. The van der Waals surface area contributed by atoms with Crippen molar-refractivity contribution < 1.29 is 34.5 Å². The lowest BCUT2D eigenvalue weighted by molar-refractivity contribution is -0.143. The molecule has 218 valence electrons. The van der Waals surface area contributed by atoms with Crippen LogP contribution in [0.15, 0.2) is 67.1 Å². The van der Waals surface area contributed by atoms with Gasteiger partial charge in [-0.2, -0.15) is 0 Å². The summed E-state index contributed by atoms with van der Waals surface area (Å²) in [6.45, 7) is 1.27. The van der Waals surface area contributed by atoms with Gasteiger partial charge in [0.25, 0.3) is 0 Å². The molecule has 2 aromatic carbocycles. The van der Waals surface area contributed by atoms with Crippen molar-refractivity contribution in [2.45, 2.75) is 56.5 Å². The van der Waals surface area contributed by atoms with E-state index in [1.807, 2.05) is 0 Å². The Bertz CT molecular complexity index is 1300. The second kappa shape index (κ2) is 14.6. The van der Waals surface area contributed by atoms with Crippen molar-refractivity contribution in [1.29, 1.82) is 0 Å². The van der Waals surface area contributed by atoms with Crippen LogP contribution in [-0.4, -0.2) is 79.2 Å². The van der Waals surface area contributed by atoms with Crippen molar-refractivity contribution in [3.05, 3.63) is 83.9 Å². The minimum Gasteiger partial charge on any atom is -0.508 e. The second-order valence-corrected chi connectivity index (χ2v) is 9.64. The number of aromatic hydroxyl groups is 1. The molecule has 3 amide bonds. The van der Waals surface area contributed by atoms with E-state index in [0.717, 1.165) is 0 Å². The van der Waals surface area contributed by atoms with Gasteiger partial charge in [-0.05, 0) is 36.6 Å². The molecule has 1 aromatic heterocycles. The average Bonchev–Trinajstić information content (AvgIpc) is 3.45. The van der Waals surface area contributed by atoms with Gasteiger partial charge in [-0.1, -0.05) is 42.5 Å². The highest BCUT2D eigenvalue weighted by molar-refractivity contribution is 5.94. The number of benzene rings is 2. The molecule has 0 radical (unpaired) electrons. The number of aliphatic carboxylic acids is 1. The summed E-state index contributed by atoms with van der Waals surface area (Å²) in [6.07, 6.45) is 1.47. The molecule has 0 fully saturated rings. The van der Waals surface area contributed by atoms with E-state index in [4.69, 9.17) is 5.73 Å². The number of carboxylic acids is 1. The molecule has 0 aliphatic carbocycles. The maximum atomic E-state index is 13.4. The Morgan fingerprint density at radius 2 is 1.49 bits per heavy atom. The lowest BCUT2D eigenvalue weighted by atomic mass is 10.0. The molecule has 3 aromatic rings. The number of aromatic nitrogens is 2. The number of hydrogen-bond acceptors (Lipinski definition) is 8. The molecule has 0 aliphatic rings. The number of nitrogens with one attached hydrogen (secondary N) is 4. The molecule has 13 heteroatoms. The predicted molar refractivity (Wildman–Crippen MR) is 147 cm³/mol. The van der Waals surface area contributed by atoms with Crippen LogP contribution in [0.3, 0.4) is 0 Å². The highest BCUT2D eigenvalue weighted by atomic mass is 16.4. The molecule has 0 aliphatic heterocycles. The van der Waals surface area contributed by atoms with Crippen LogP contribution in [0.1, 0.15) is 23.7 Å². The van der Waals surface area contributed by atoms with Crippen molar-refractivity contribution in [1.82, 2.24) is 25.9 Å². The van der Waals surface area contributed by atoms with Gasteiger partial charge >= 0.3 is 5.97 Å². The number of nitrogens with zero attached hydrogens (tertiary/aromatic N) is 1. The Labute approximate surface area is 236 Å². The topological polar surface area (TPSA) is 220 Å². The zero-order valence-electron chi connectivity index (χ0n) is 22.4. The first-order valence-electron chi connectivity index (χ1n) is 12.9. The van der Waals surface area contributed by atoms with Crippen LogP contribution in [0.2, 0.25) is 0 Å². The minimum absolute atomic E-state index is 0.0517. The van der Waals surface area contributed by atoms with Crippen molar-refractivity contribution in [2.24, 2.45) is 5.73 Å². The molecule has 0 saturated carbocycles. The fraction of sp³-hybridized carbons (Fsp3) is 0.321. The number of phenols is 1. The number of nitrogens with two attached hydrogens (primary N) is 1. The maximum absolute atomic E-state index is 13.4. The number of H-pyrrole nitrogens is 1. The van der Waals surface area contributed by atoms with Gasteiger partial charge in [0.05, 0.1) is 18.5 Å². The quantitative estimate of drug-likeness (QED) is 0.125. The first-order valence-corrected chi connectivity index (χ1v) is 12.9. The predicted octanol–water partition coefficient (Wildman–Crippen LogP) is -0.610. The molecule has 0 spiro atoms. The lowest BCUT2D eigenvalue weighted by Crippen LogP contribution is -2.60. The van der Waals surface area contributed by atoms with Gasteiger partial charge in [-0.15, -0.1) is 0 Å². The molecule has 0 bridgehead atoms. The summed E-state index contributed by atoms with van der Waals surface area (Å²) in [5.41, 5.74) is 7.96. The third kappa shape index (κ3) is 9.44. The third-order valence-electron chi connectivity index (χ3n) is 6.30. The third-order valence-corrected chi connectivity index (χ3v) is 6.30. The van der Waals surface area contributed by atoms with Crippen LogP contribution in [-0.2, 0) is 38.4 Å². The van der Waals surface area contributed by atoms with Crippen LogP contribution in [0, 0.1) is 0 Å². The van der Waals surface area contributed by atoms with Crippen LogP contribution in [0.4, 0.5) is 0 Å². The summed E-state index contributed by atoms with van der Waals surface area (Å²) in [5.74, 6) is -3.58. The first-order chi connectivity index (χ1) is 19.5. The number of aromatic amines is 1. The Morgan fingerprint density at radius 1 is 0.854 bits per heavy atom. The Balaban J connectivity index is 1.73. The van der Waals surface area contributed by atoms with Crippen molar-refractivity contribution in [3.63, 3.8) is 0 Å². The molecule has 13 nitrogen and oxygen atoms in total. The van der Waals surface area contributed by atoms with Gasteiger partial charge in [0, 0.05) is 24.7 Å². The van der Waals surface area contributed by atoms with E-state index in [-0.39, 0.29) is 25.0 Å². The van der Waals surface area contributed by atoms with Crippen LogP contribution in [0.5, 0.6) is 5.75 Å². The number of hydrogen-bond donors (Lipinski definition) is 8. The summed E-state index contributed by atoms with van der Waals surface area (Å²) >= 11 is 0. The highest BCUT2D eigenvalue weighted by Crippen LogP contribution is 2.12. The zero-order valence-corrected chi connectivity index (χ0v) is 22.4. The molecule has 41 heavy (non-hydrogen) atoms. The molecule has 0 saturated heterocycles. The fourth-order valence-corrected chi connectivity index (χ4v) is 4.05. The summed E-state index contributed by atoms with van der Waals surface area (Å²) in [4.78, 5) is 57.7. The molecular weight excluding hydrogens is 532 g/mol. The van der Waals surface area contributed by atoms with E-state index in [1.165, 1.54) is 31.6 Å². The number of amides is 3. The van der Waals surface area contributed by atoms with Crippen molar-refractivity contribution in [3.8, 4) is 5.75 Å². The monoisotopic (exact) mass is 566 g/mol. The van der Waals surface area contributed by atoms with Crippen molar-refractivity contribution in [2.75, 3.05) is 0 Å². The van der Waals surface area contributed by atoms with Gasteiger partial charge in [0.1, 0.15) is 23.9 Å². The Hall–Kier alpha value is -4.75. The zero-order chi connectivity index (χ0) is 29.9. The maximum Gasteiger partial charge on any atom is 0.326 e. The SMILES string of the molecule is CC(O)C(NC(=O)C(Cc1ccccc1)NC(=O)C(N)Cc1ccc(O)cc1)C(=O)NC(Cc1cnc[nH]1)C(=O)O. The fourth-order valence-electron chi connectivity index (χ4n) is 4.05. The molecular formula is C28H34N6O7. The second-order valence-electron chi connectivity index (χ2n) is 9.64. The number of rotatable bonds is 14. The molecule has 9 N–H and O–H groups in total. The summed E-state index contributed by atoms with van der Waals surface area (Å²) in [6, 6.07) is 9.94. The van der Waals surface area contributed by atoms with E-state index >= 15 is 0 Å². The first kappa shape index (κ1) is 30.8. The molecule has 5 atom stereocenters. The average molecular weight is 567 g/mol. The highest BCUT2D eigenvalue weighted by Gasteiger charge is 2.33. The Morgan fingerprint density at radius 3 is 2.07 bits per heavy atom. The van der Waals surface area contributed by atoms with E-state index in [2.05, 4.69) is 25.9 Å². The molecule has 1 heterocycles. The van der Waals surface area contributed by atoms with Gasteiger partial charge in [0.15, 0.2) is 0 Å². The summed E-state index contributed by atoms with van der Waals surface area (Å²) < 4.78 is 0. The van der Waals surface area contributed by atoms with E-state index in [1.54, 1.807) is 42.5 Å². The number of carboxylic acid groups (broad SMARTS) is 1. The number of carbonyl (C=O) groups excluding carboxylic acids is 3. The number of carbonyl (C=O) groups is 4. The standard InChI is InChI=1S/C28H34N6O7/c1-16(35)24(27(39)33-23(28(40)41)13-19-14-30-15-31-19)34-26(38)22(12-17-5-3-2-4-6-17)32-25(37)21(29)11-18-7-9-20(36)10-8-18/h2-10,14-16,21-24,35-36H,11-13,29H2,1H3,(H,30,31)(H,32,37)(H,33,39)(H,34,38)(H,40,41). The Kier molecular flexibility index (Phi) is 11.0. The van der Waals surface area contributed by atoms with Crippen molar-refractivity contribution >= 4 is 23.7 Å². The van der Waals surface area contributed by atoms with Crippen LogP contribution in [0.25, 0.3) is 0 Å². The summed E-state index contributed by atoms with van der Waals surface area (Å²) in [5, 5.41) is 36.7.